The van der Waals surface area contributed by atoms with Crippen molar-refractivity contribution < 1.29 is 14.0 Å². The van der Waals surface area contributed by atoms with E-state index in [2.05, 4.69) is 9.97 Å². The van der Waals surface area contributed by atoms with Crippen molar-refractivity contribution in [1.29, 1.82) is 0 Å². The summed E-state index contributed by atoms with van der Waals surface area (Å²) in [5.41, 5.74) is 1.27. The summed E-state index contributed by atoms with van der Waals surface area (Å²) < 4.78 is 13.3. The van der Waals surface area contributed by atoms with E-state index < -0.39 is 5.95 Å². The molecule has 4 rings (SSSR count). The van der Waals surface area contributed by atoms with E-state index in [1.807, 2.05) is 17.0 Å². The van der Waals surface area contributed by atoms with Gasteiger partial charge < -0.3 is 9.80 Å². The lowest BCUT2D eigenvalue weighted by atomic mass is 9.88. The Kier molecular flexibility index (Phi) is 4.36. The Morgan fingerprint density at radius 1 is 1.27 bits per heavy atom. The minimum absolute atomic E-state index is 0.0845. The van der Waals surface area contributed by atoms with Crippen LogP contribution < -0.4 is 0 Å². The molecule has 0 aromatic carbocycles. The second kappa shape index (κ2) is 6.82. The fourth-order valence-corrected chi connectivity index (χ4v) is 3.86. The molecule has 0 spiro atoms. The molecule has 0 unspecified atom stereocenters. The Balaban J connectivity index is 1.45. The zero-order valence-corrected chi connectivity index (χ0v) is 14.2. The zero-order valence-electron chi connectivity index (χ0n) is 14.2. The summed E-state index contributed by atoms with van der Waals surface area (Å²) in [6.45, 7) is 2.15. The lowest BCUT2D eigenvalue weighted by Gasteiger charge is -2.33. The van der Waals surface area contributed by atoms with Crippen molar-refractivity contribution in [3.63, 3.8) is 0 Å². The van der Waals surface area contributed by atoms with Gasteiger partial charge >= 0.3 is 0 Å². The largest absolute Gasteiger partial charge is 0.338 e. The summed E-state index contributed by atoms with van der Waals surface area (Å²) in [6, 6.07) is 6.45. The summed E-state index contributed by atoms with van der Waals surface area (Å²) in [5.74, 6) is -0.848. The molecule has 7 heteroatoms. The first-order valence-corrected chi connectivity index (χ1v) is 8.70. The van der Waals surface area contributed by atoms with Crippen LogP contribution in [0, 0.1) is 17.8 Å². The predicted octanol–water partition coefficient (Wildman–Crippen LogP) is 1.74. The van der Waals surface area contributed by atoms with Crippen molar-refractivity contribution in [2.75, 3.05) is 19.6 Å². The number of amides is 2. The van der Waals surface area contributed by atoms with Gasteiger partial charge in [0.1, 0.15) is 0 Å². The molecule has 2 saturated heterocycles. The van der Waals surface area contributed by atoms with Crippen molar-refractivity contribution in [2.45, 2.75) is 13.0 Å². The van der Waals surface area contributed by atoms with Gasteiger partial charge in [-0.15, -0.1) is 0 Å². The van der Waals surface area contributed by atoms with Gasteiger partial charge in [-0.2, -0.15) is 4.39 Å². The Hall–Kier alpha value is -2.83. The van der Waals surface area contributed by atoms with Gasteiger partial charge in [0.2, 0.25) is 11.9 Å². The SMILES string of the molecule is O=C(c1ccnc(F)c1)N1C[C@H]2CCN(Cc3cccnc3)C(=O)[C@H]2C1. The number of nitrogens with zero attached hydrogens (tertiary/aromatic N) is 4. The number of fused-ring (bicyclic) bond motifs is 1. The summed E-state index contributed by atoms with van der Waals surface area (Å²) in [7, 11) is 0. The highest BCUT2D eigenvalue weighted by molar-refractivity contribution is 5.95. The van der Waals surface area contributed by atoms with Gasteiger partial charge in [-0.1, -0.05) is 6.07 Å². The second-order valence-electron chi connectivity index (χ2n) is 6.85. The number of rotatable bonds is 3. The van der Waals surface area contributed by atoms with E-state index in [1.54, 1.807) is 17.3 Å². The molecule has 2 fully saturated rings. The van der Waals surface area contributed by atoms with E-state index in [1.165, 1.54) is 12.3 Å². The van der Waals surface area contributed by atoms with E-state index in [0.717, 1.165) is 18.1 Å². The fourth-order valence-electron chi connectivity index (χ4n) is 3.86. The van der Waals surface area contributed by atoms with Crippen LogP contribution in [0.2, 0.25) is 0 Å². The summed E-state index contributed by atoms with van der Waals surface area (Å²) in [5, 5.41) is 0. The molecular formula is C19H19FN4O2. The van der Waals surface area contributed by atoms with Crippen molar-refractivity contribution in [3.05, 3.63) is 59.9 Å². The van der Waals surface area contributed by atoms with E-state index in [0.29, 0.717) is 26.2 Å². The Bertz CT molecular complexity index is 829. The number of piperidine rings is 1. The van der Waals surface area contributed by atoms with E-state index in [9.17, 15) is 14.0 Å². The van der Waals surface area contributed by atoms with Crippen molar-refractivity contribution in [1.82, 2.24) is 19.8 Å². The smallest absolute Gasteiger partial charge is 0.254 e. The molecule has 26 heavy (non-hydrogen) atoms. The molecule has 134 valence electrons. The van der Waals surface area contributed by atoms with Crippen LogP contribution in [0.3, 0.4) is 0 Å². The van der Waals surface area contributed by atoms with Crippen LogP contribution >= 0.6 is 0 Å². The van der Waals surface area contributed by atoms with Crippen LogP contribution in [-0.2, 0) is 11.3 Å². The van der Waals surface area contributed by atoms with Crippen molar-refractivity contribution >= 4 is 11.8 Å². The molecule has 2 aliphatic rings. The average molecular weight is 354 g/mol. The topological polar surface area (TPSA) is 66.4 Å². The van der Waals surface area contributed by atoms with Crippen LogP contribution in [0.1, 0.15) is 22.3 Å². The minimum atomic E-state index is -0.675. The lowest BCUT2D eigenvalue weighted by molar-refractivity contribution is -0.140. The third kappa shape index (κ3) is 3.16. The molecule has 0 aliphatic carbocycles. The summed E-state index contributed by atoms with van der Waals surface area (Å²) >= 11 is 0. The van der Waals surface area contributed by atoms with Crippen LogP contribution in [0.15, 0.2) is 42.9 Å². The van der Waals surface area contributed by atoms with Gasteiger partial charge in [-0.05, 0) is 30.0 Å². The minimum Gasteiger partial charge on any atom is -0.338 e. The van der Waals surface area contributed by atoms with Gasteiger partial charge in [-0.3, -0.25) is 14.6 Å². The number of likely N-dealkylation sites (tertiary alicyclic amines) is 2. The standard InChI is InChI=1S/C19H19FN4O2/c20-17-8-14(3-6-22-17)18(25)24-11-15-4-7-23(19(26)16(15)12-24)10-13-2-1-5-21-9-13/h1-3,5-6,8-9,15-16H,4,7,10-12H2/t15-,16+/m1/s1. The molecule has 2 aliphatic heterocycles. The Labute approximate surface area is 150 Å². The number of hydrogen-bond donors (Lipinski definition) is 0. The molecule has 2 aromatic rings. The monoisotopic (exact) mass is 354 g/mol. The fraction of sp³-hybridized carbons (Fsp3) is 0.368. The maximum Gasteiger partial charge on any atom is 0.254 e. The summed E-state index contributed by atoms with van der Waals surface area (Å²) in [4.78, 5) is 36.6. The van der Waals surface area contributed by atoms with Crippen molar-refractivity contribution in [2.24, 2.45) is 11.8 Å². The Morgan fingerprint density at radius 3 is 2.92 bits per heavy atom. The van der Waals surface area contributed by atoms with E-state index >= 15 is 0 Å². The predicted molar refractivity (Wildman–Crippen MR) is 91.3 cm³/mol. The molecule has 0 radical (unpaired) electrons. The number of aromatic nitrogens is 2. The third-order valence-electron chi connectivity index (χ3n) is 5.20. The highest BCUT2D eigenvalue weighted by atomic mass is 19.1. The Morgan fingerprint density at radius 2 is 2.15 bits per heavy atom. The molecule has 2 aromatic heterocycles. The second-order valence-corrected chi connectivity index (χ2v) is 6.85. The number of pyridine rings is 2. The van der Waals surface area contributed by atoms with E-state index in [4.69, 9.17) is 0 Å². The summed E-state index contributed by atoms with van der Waals surface area (Å²) in [6.07, 6.45) is 5.62. The molecule has 2 amide bonds. The van der Waals surface area contributed by atoms with Crippen molar-refractivity contribution in [3.8, 4) is 0 Å². The quantitative estimate of drug-likeness (QED) is 0.788. The first-order valence-electron chi connectivity index (χ1n) is 8.70. The molecule has 6 nitrogen and oxygen atoms in total. The molecule has 0 saturated carbocycles. The third-order valence-corrected chi connectivity index (χ3v) is 5.20. The normalized spacial score (nSPS) is 22.4. The number of carbonyl (C=O) groups excluding carboxylic acids is 2. The molecule has 2 atom stereocenters. The molecular weight excluding hydrogens is 335 g/mol. The average Bonchev–Trinajstić information content (AvgIpc) is 3.09. The van der Waals surface area contributed by atoms with Gasteiger partial charge in [0, 0.05) is 56.4 Å². The van der Waals surface area contributed by atoms with Gasteiger partial charge in [0.05, 0.1) is 5.92 Å². The first kappa shape index (κ1) is 16.6. The maximum absolute atomic E-state index is 13.3. The van der Waals surface area contributed by atoms with Crippen LogP contribution in [0.4, 0.5) is 4.39 Å². The van der Waals surface area contributed by atoms with E-state index in [-0.39, 0.29) is 29.2 Å². The molecule has 0 bridgehead atoms. The first-order chi connectivity index (χ1) is 12.6. The van der Waals surface area contributed by atoms with Gasteiger partial charge in [-0.25, -0.2) is 4.98 Å². The maximum atomic E-state index is 13.3. The lowest BCUT2D eigenvalue weighted by Crippen LogP contribution is -2.44. The number of carbonyl (C=O) groups is 2. The van der Waals surface area contributed by atoms with Crippen LogP contribution in [0.5, 0.6) is 0 Å². The van der Waals surface area contributed by atoms with Crippen LogP contribution in [0.25, 0.3) is 0 Å². The zero-order chi connectivity index (χ0) is 18.1. The number of halogens is 1. The van der Waals surface area contributed by atoms with Crippen LogP contribution in [-0.4, -0.2) is 51.2 Å². The molecule has 0 N–H and O–H groups in total. The highest BCUT2D eigenvalue weighted by Crippen LogP contribution is 2.33. The van der Waals surface area contributed by atoms with Gasteiger partial charge in [0.25, 0.3) is 5.91 Å². The highest BCUT2D eigenvalue weighted by Gasteiger charge is 2.44. The number of hydrogen-bond acceptors (Lipinski definition) is 4. The molecule has 4 heterocycles. The van der Waals surface area contributed by atoms with Gasteiger partial charge in [0.15, 0.2) is 0 Å².